The highest BCUT2D eigenvalue weighted by molar-refractivity contribution is 7.89. The second kappa shape index (κ2) is 6.42. The van der Waals surface area contributed by atoms with E-state index in [1.54, 1.807) is 0 Å². The highest BCUT2D eigenvalue weighted by Gasteiger charge is 2.15. The number of carbonyl (C=O) groups excluding carboxylic acids is 1. The minimum absolute atomic E-state index is 0.00192. The monoisotopic (exact) mass is 336 g/mol. The number of hydrogen-bond acceptors (Lipinski definition) is 5. The van der Waals surface area contributed by atoms with Crippen LogP contribution >= 0.6 is 0 Å². The van der Waals surface area contributed by atoms with Gasteiger partial charge in [0.15, 0.2) is 0 Å². The Labute approximate surface area is 131 Å². The van der Waals surface area contributed by atoms with Crippen LogP contribution in [0.15, 0.2) is 53.4 Å². The van der Waals surface area contributed by atoms with Crippen LogP contribution < -0.4 is 15.8 Å². The normalized spacial score (nSPS) is 10.8. The minimum Gasteiger partial charge on any atom is -0.307 e. The van der Waals surface area contributed by atoms with Gasteiger partial charge in [0, 0.05) is 17.8 Å². The lowest BCUT2D eigenvalue weighted by Gasteiger charge is -2.10. The molecule has 2 rings (SSSR count). The molecule has 2 aromatic carbocycles. The molecule has 10 heteroatoms. The number of amides is 2. The van der Waals surface area contributed by atoms with E-state index in [1.165, 1.54) is 48.5 Å². The predicted molar refractivity (Wildman–Crippen MR) is 83.6 cm³/mol. The molecular weight excluding hydrogens is 324 g/mol. The van der Waals surface area contributed by atoms with E-state index >= 15 is 0 Å². The van der Waals surface area contributed by atoms with Crippen molar-refractivity contribution in [2.45, 2.75) is 4.90 Å². The van der Waals surface area contributed by atoms with Crippen LogP contribution in [0.25, 0.3) is 0 Å². The number of primary sulfonamides is 1. The fourth-order valence-corrected chi connectivity index (χ4v) is 2.49. The molecule has 0 saturated heterocycles. The number of nitrogens with two attached hydrogens (primary N) is 1. The van der Waals surface area contributed by atoms with Gasteiger partial charge in [-0.1, -0.05) is 18.2 Å². The van der Waals surface area contributed by atoms with Gasteiger partial charge < -0.3 is 10.6 Å². The van der Waals surface area contributed by atoms with Crippen molar-refractivity contribution >= 4 is 33.1 Å². The molecule has 9 nitrogen and oxygen atoms in total. The number of rotatable bonds is 4. The molecular formula is C13H12N4O5S. The molecule has 0 spiro atoms. The van der Waals surface area contributed by atoms with Crippen LogP contribution in [0.1, 0.15) is 0 Å². The average molecular weight is 336 g/mol. The van der Waals surface area contributed by atoms with Crippen molar-refractivity contribution in [3.05, 3.63) is 58.6 Å². The second-order valence-electron chi connectivity index (χ2n) is 4.43. The van der Waals surface area contributed by atoms with Gasteiger partial charge in [0.1, 0.15) is 4.90 Å². The van der Waals surface area contributed by atoms with E-state index < -0.39 is 21.0 Å². The number of hydrogen-bond donors (Lipinski definition) is 3. The third kappa shape index (κ3) is 4.25. The average Bonchev–Trinajstić information content (AvgIpc) is 2.46. The van der Waals surface area contributed by atoms with Crippen LogP contribution in [0, 0.1) is 10.1 Å². The Kier molecular flexibility index (Phi) is 4.57. The van der Waals surface area contributed by atoms with Crippen LogP contribution in [0.3, 0.4) is 0 Å². The molecule has 0 unspecified atom stereocenters. The highest BCUT2D eigenvalue weighted by Crippen LogP contribution is 2.20. The molecule has 0 aliphatic heterocycles. The molecule has 0 saturated carbocycles. The van der Waals surface area contributed by atoms with E-state index in [9.17, 15) is 23.3 Å². The topological polar surface area (TPSA) is 144 Å². The Balaban J connectivity index is 2.18. The van der Waals surface area contributed by atoms with Crippen molar-refractivity contribution in [1.29, 1.82) is 0 Å². The summed E-state index contributed by atoms with van der Waals surface area (Å²) in [5.41, 5.74) is -0.00421. The number of nitro benzene ring substituents is 1. The molecule has 0 heterocycles. The summed E-state index contributed by atoms with van der Waals surface area (Å²) in [7, 11) is -4.00. The van der Waals surface area contributed by atoms with Gasteiger partial charge in [0.05, 0.1) is 10.6 Å². The Morgan fingerprint density at radius 1 is 1.09 bits per heavy atom. The predicted octanol–water partition coefficient (Wildman–Crippen LogP) is 1.89. The van der Waals surface area contributed by atoms with E-state index in [0.29, 0.717) is 0 Å². The van der Waals surface area contributed by atoms with Crippen molar-refractivity contribution in [2.24, 2.45) is 5.14 Å². The minimum atomic E-state index is -4.00. The lowest BCUT2D eigenvalue weighted by Crippen LogP contribution is -2.22. The highest BCUT2D eigenvalue weighted by atomic mass is 32.2. The summed E-state index contributed by atoms with van der Waals surface area (Å²) >= 11 is 0. The number of urea groups is 1. The van der Waals surface area contributed by atoms with Gasteiger partial charge in [-0.3, -0.25) is 10.1 Å². The SMILES string of the molecule is NS(=O)(=O)c1ccccc1NC(=O)Nc1cccc([N+](=O)[O-])c1. The first-order chi connectivity index (χ1) is 10.8. The summed E-state index contributed by atoms with van der Waals surface area (Å²) in [4.78, 5) is 21.8. The van der Waals surface area contributed by atoms with Crippen LogP contribution in [-0.2, 0) is 10.0 Å². The lowest BCUT2D eigenvalue weighted by atomic mass is 10.3. The maximum atomic E-state index is 11.9. The first-order valence-corrected chi connectivity index (χ1v) is 7.76. The molecule has 0 aliphatic rings. The Morgan fingerprint density at radius 3 is 2.43 bits per heavy atom. The summed E-state index contributed by atoms with van der Waals surface area (Å²) in [6, 6.07) is 10.2. The zero-order chi connectivity index (χ0) is 17.0. The summed E-state index contributed by atoms with van der Waals surface area (Å²) in [5.74, 6) is 0. The molecule has 23 heavy (non-hydrogen) atoms. The zero-order valence-corrected chi connectivity index (χ0v) is 12.4. The van der Waals surface area contributed by atoms with Gasteiger partial charge in [-0.2, -0.15) is 0 Å². The van der Waals surface area contributed by atoms with Crippen molar-refractivity contribution in [3.63, 3.8) is 0 Å². The zero-order valence-electron chi connectivity index (χ0n) is 11.6. The fraction of sp³-hybridized carbons (Fsp3) is 0. The third-order valence-electron chi connectivity index (χ3n) is 2.76. The number of nitro groups is 1. The Morgan fingerprint density at radius 2 is 1.78 bits per heavy atom. The number of nitrogens with one attached hydrogen (secondary N) is 2. The standard InChI is InChI=1S/C13H12N4O5S/c14-23(21,22)12-7-2-1-6-11(12)16-13(18)15-9-4-3-5-10(8-9)17(19)20/h1-8H,(H2,14,21,22)(H2,15,16,18). The molecule has 2 aromatic rings. The first-order valence-electron chi connectivity index (χ1n) is 6.21. The molecule has 120 valence electrons. The number of sulfonamides is 1. The maximum absolute atomic E-state index is 11.9. The summed E-state index contributed by atoms with van der Waals surface area (Å²) in [5, 5.41) is 20.5. The van der Waals surface area contributed by atoms with E-state index in [2.05, 4.69) is 10.6 Å². The lowest BCUT2D eigenvalue weighted by molar-refractivity contribution is -0.384. The van der Waals surface area contributed by atoms with Gasteiger partial charge in [-0.15, -0.1) is 0 Å². The van der Waals surface area contributed by atoms with Gasteiger partial charge in [0.2, 0.25) is 10.0 Å². The molecule has 2 amide bonds. The number of non-ortho nitro benzene ring substituents is 1. The van der Waals surface area contributed by atoms with E-state index in [0.717, 1.165) is 0 Å². The van der Waals surface area contributed by atoms with Crippen LogP contribution in [0.4, 0.5) is 21.9 Å². The molecule has 0 atom stereocenters. The largest absolute Gasteiger partial charge is 0.323 e. The number of carbonyl (C=O) groups is 1. The summed E-state index contributed by atoms with van der Waals surface area (Å²) in [6.07, 6.45) is 0. The Bertz CT molecular complexity index is 866. The first kappa shape index (κ1) is 16.4. The molecule has 0 aromatic heterocycles. The molecule has 0 fully saturated rings. The van der Waals surface area contributed by atoms with Gasteiger partial charge in [0.25, 0.3) is 5.69 Å². The fourth-order valence-electron chi connectivity index (χ4n) is 1.80. The van der Waals surface area contributed by atoms with Crippen LogP contribution in [0.2, 0.25) is 0 Å². The molecule has 0 bridgehead atoms. The van der Waals surface area contributed by atoms with Crippen molar-refractivity contribution in [3.8, 4) is 0 Å². The number of nitrogens with zero attached hydrogens (tertiary/aromatic N) is 1. The third-order valence-corrected chi connectivity index (χ3v) is 3.73. The Hall–Kier alpha value is -2.98. The number of benzene rings is 2. The van der Waals surface area contributed by atoms with Gasteiger partial charge in [-0.05, 0) is 18.2 Å². The van der Waals surface area contributed by atoms with Crippen molar-refractivity contribution < 1.29 is 18.1 Å². The van der Waals surface area contributed by atoms with E-state index in [1.807, 2.05) is 0 Å². The quantitative estimate of drug-likeness (QED) is 0.576. The van der Waals surface area contributed by atoms with Crippen LogP contribution in [0.5, 0.6) is 0 Å². The summed E-state index contributed by atoms with van der Waals surface area (Å²) in [6.45, 7) is 0. The maximum Gasteiger partial charge on any atom is 0.323 e. The van der Waals surface area contributed by atoms with Crippen LogP contribution in [-0.4, -0.2) is 19.4 Å². The second-order valence-corrected chi connectivity index (χ2v) is 5.96. The smallest absolute Gasteiger partial charge is 0.307 e. The summed E-state index contributed by atoms with van der Waals surface area (Å²) < 4.78 is 22.9. The van der Waals surface area contributed by atoms with E-state index in [4.69, 9.17) is 5.14 Å². The van der Waals surface area contributed by atoms with Crippen molar-refractivity contribution in [2.75, 3.05) is 10.6 Å². The van der Waals surface area contributed by atoms with E-state index in [-0.39, 0.29) is 22.0 Å². The number of para-hydroxylation sites is 1. The van der Waals surface area contributed by atoms with Crippen molar-refractivity contribution in [1.82, 2.24) is 0 Å². The van der Waals surface area contributed by atoms with Gasteiger partial charge in [-0.25, -0.2) is 18.4 Å². The molecule has 4 N–H and O–H groups in total. The molecule has 0 aliphatic carbocycles. The van der Waals surface area contributed by atoms with Gasteiger partial charge >= 0.3 is 6.03 Å². The molecule has 0 radical (unpaired) electrons. The number of anilines is 2.